The van der Waals surface area contributed by atoms with Crippen molar-refractivity contribution in [3.63, 3.8) is 0 Å². The Balaban J connectivity index is 1.75. The van der Waals surface area contributed by atoms with Gasteiger partial charge < -0.3 is 10.3 Å². The molecule has 0 bridgehead atoms. The maximum Gasteiger partial charge on any atom is 0.230 e. The lowest BCUT2D eigenvalue weighted by Crippen LogP contribution is -1.93. The summed E-state index contributed by atoms with van der Waals surface area (Å²) in [4.78, 5) is 1.41. The van der Waals surface area contributed by atoms with Gasteiger partial charge in [0.25, 0.3) is 0 Å². The molecule has 0 aliphatic rings. The van der Waals surface area contributed by atoms with Gasteiger partial charge in [-0.1, -0.05) is 41.1 Å². The first-order chi connectivity index (χ1) is 10.2. The number of thiophene rings is 1. The second-order valence-corrected chi connectivity index (χ2v) is 6.20. The average Bonchev–Trinajstić information content (AvgIpc) is 3.11. The third-order valence-corrected chi connectivity index (χ3v) is 4.48. The fourth-order valence-corrected chi connectivity index (χ4v) is 3.17. The van der Waals surface area contributed by atoms with Crippen LogP contribution in [0.15, 0.2) is 46.3 Å². The maximum atomic E-state index is 5.95. The molecule has 2 aromatic heterocycles. The van der Waals surface area contributed by atoms with Crippen molar-refractivity contribution in [1.82, 2.24) is 5.16 Å². The summed E-state index contributed by atoms with van der Waals surface area (Å²) in [5.74, 6) is 0.407. The maximum absolute atomic E-state index is 5.95. The van der Waals surface area contributed by atoms with Crippen LogP contribution in [0.2, 0.25) is 0 Å². The largest absolute Gasteiger partial charge is 0.367 e. The van der Waals surface area contributed by atoms with Crippen molar-refractivity contribution < 1.29 is 4.52 Å². The van der Waals surface area contributed by atoms with Gasteiger partial charge in [-0.2, -0.15) is 0 Å². The molecule has 0 fully saturated rings. The highest BCUT2D eigenvalue weighted by Crippen LogP contribution is 2.30. The standard InChI is InChI=1S/C17H18N2OS/c1-12-7-9-13(10-8-12)16-15(19-20-17(16)18)6-2-4-14-5-3-11-21-14/h3,5,7-11H,2,4,6,18H2,1H3. The zero-order valence-corrected chi connectivity index (χ0v) is 12.8. The Labute approximate surface area is 128 Å². The van der Waals surface area contributed by atoms with Crippen molar-refractivity contribution in [3.05, 3.63) is 57.9 Å². The van der Waals surface area contributed by atoms with Crippen molar-refractivity contribution in [2.45, 2.75) is 26.2 Å². The van der Waals surface area contributed by atoms with Crippen LogP contribution < -0.4 is 5.73 Å². The van der Waals surface area contributed by atoms with Crippen molar-refractivity contribution in [2.24, 2.45) is 0 Å². The van der Waals surface area contributed by atoms with Crippen molar-refractivity contribution >= 4 is 17.2 Å². The van der Waals surface area contributed by atoms with E-state index in [1.807, 2.05) is 0 Å². The number of nitrogens with zero attached hydrogens (tertiary/aromatic N) is 1. The van der Waals surface area contributed by atoms with Crippen LogP contribution in [-0.2, 0) is 12.8 Å². The van der Waals surface area contributed by atoms with Gasteiger partial charge in [-0.15, -0.1) is 11.3 Å². The first-order valence-electron chi connectivity index (χ1n) is 7.07. The molecule has 2 heterocycles. The van der Waals surface area contributed by atoms with Crippen molar-refractivity contribution in [3.8, 4) is 11.1 Å². The Kier molecular flexibility index (Phi) is 4.06. The molecule has 3 rings (SSSR count). The minimum atomic E-state index is 0.407. The summed E-state index contributed by atoms with van der Waals surface area (Å²) in [6, 6.07) is 12.6. The van der Waals surface area contributed by atoms with Crippen LogP contribution >= 0.6 is 11.3 Å². The molecule has 0 saturated heterocycles. The van der Waals surface area contributed by atoms with Gasteiger partial charge in [0.1, 0.15) is 0 Å². The fraction of sp³-hybridized carbons (Fsp3) is 0.235. The first-order valence-corrected chi connectivity index (χ1v) is 7.95. The Morgan fingerprint density at radius 2 is 1.95 bits per heavy atom. The summed E-state index contributed by atoms with van der Waals surface area (Å²) >= 11 is 1.80. The highest BCUT2D eigenvalue weighted by Gasteiger charge is 2.15. The molecule has 2 N–H and O–H groups in total. The lowest BCUT2D eigenvalue weighted by molar-refractivity contribution is 0.426. The van der Waals surface area contributed by atoms with Crippen molar-refractivity contribution in [2.75, 3.05) is 5.73 Å². The molecule has 3 nitrogen and oxygen atoms in total. The van der Waals surface area contributed by atoms with Crippen molar-refractivity contribution in [1.29, 1.82) is 0 Å². The molecule has 0 saturated carbocycles. The minimum absolute atomic E-state index is 0.407. The van der Waals surface area contributed by atoms with Gasteiger partial charge in [0.05, 0.1) is 11.3 Å². The van der Waals surface area contributed by atoms with E-state index in [1.165, 1.54) is 10.4 Å². The van der Waals surface area contributed by atoms with Crippen LogP contribution in [0.4, 0.5) is 5.88 Å². The van der Waals surface area contributed by atoms with E-state index in [2.05, 4.69) is 53.9 Å². The molecule has 3 aromatic rings. The van der Waals surface area contributed by atoms with Gasteiger partial charge in [-0.05, 0) is 43.2 Å². The van der Waals surface area contributed by atoms with E-state index < -0.39 is 0 Å². The van der Waals surface area contributed by atoms with Crippen LogP contribution in [-0.4, -0.2) is 5.16 Å². The summed E-state index contributed by atoms with van der Waals surface area (Å²) in [6.07, 6.45) is 2.99. The smallest absolute Gasteiger partial charge is 0.230 e. The highest BCUT2D eigenvalue weighted by atomic mass is 32.1. The van der Waals surface area contributed by atoms with Crippen LogP contribution in [0.1, 0.15) is 22.6 Å². The molecule has 0 aliphatic heterocycles. The molecule has 0 amide bonds. The lowest BCUT2D eigenvalue weighted by Gasteiger charge is -2.03. The molecule has 4 heteroatoms. The number of anilines is 1. The summed E-state index contributed by atoms with van der Waals surface area (Å²) < 4.78 is 5.20. The summed E-state index contributed by atoms with van der Waals surface area (Å²) in [5, 5.41) is 6.25. The predicted molar refractivity (Wildman–Crippen MR) is 87.4 cm³/mol. The third-order valence-electron chi connectivity index (χ3n) is 3.55. The molecule has 1 aromatic carbocycles. The molecule has 0 atom stereocenters. The second kappa shape index (κ2) is 6.14. The number of aromatic nitrogens is 1. The second-order valence-electron chi connectivity index (χ2n) is 5.17. The lowest BCUT2D eigenvalue weighted by atomic mass is 10.0. The van der Waals surface area contributed by atoms with Crippen LogP contribution in [0, 0.1) is 6.92 Å². The number of nitrogen functional groups attached to an aromatic ring is 1. The molecule has 0 unspecified atom stereocenters. The number of nitrogens with two attached hydrogens (primary N) is 1. The Hall–Kier alpha value is -2.07. The monoisotopic (exact) mass is 298 g/mol. The molecule has 108 valence electrons. The van der Waals surface area contributed by atoms with E-state index in [1.54, 1.807) is 11.3 Å². The Bertz CT molecular complexity index is 699. The van der Waals surface area contributed by atoms with Gasteiger partial charge in [0, 0.05) is 4.88 Å². The fourth-order valence-electron chi connectivity index (χ4n) is 2.42. The molecular weight excluding hydrogens is 280 g/mol. The third kappa shape index (κ3) is 3.16. The molecular formula is C17H18N2OS. The van der Waals surface area contributed by atoms with E-state index in [-0.39, 0.29) is 0 Å². The normalized spacial score (nSPS) is 10.9. The number of rotatable bonds is 5. The number of aryl methyl sites for hydroxylation is 3. The zero-order valence-electron chi connectivity index (χ0n) is 12.0. The predicted octanol–water partition coefficient (Wildman–Crippen LogP) is 4.47. The number of hydrogen-bond donors (Lipinski definition) is 1. The molecule has 0 spiro atoms. The summed E-state index contributed by atoms with van der Waals surface area (Å²) in [7, 11) is 0. The average molecular weight is 298 g/mol. The quantitative estimate of drug-likeness (QED) is 0.756. The van der Waals surface area contributed by atoms with Gasteiger partial charge in [-0.3, -0.25) is 0 Å². The zero-order chi connectivity index (χ0) is 14.7. The van der Waals surface area contributed by atoms with E-state index in [4.69, 9.17) is 10.3 Å². The van der Waals surface area contributed by atoms with E-state index >= 15 is 0 Å². The van der Waals surface area contributed by atoms with Gasteiger partial charge in [0.2, 0.25) is 5.88 Å². The van der Waals surface area contributed by atoms with Gasteiger partial charge in [0.15, 0.2) is 0 Å². The topological polar surface area (TPSA) is 52.0 Å². The van der Waals surface area contributed by atoms with Crippen LogP contribution in [0.3, 0.4) is 0 Å². The number of benzene rings is 1. The Morgan fingerprint density at radius 3 is 2.67 bits per heavy atom. The van der Waals surface area contributed by atoms with Gasteiger partial charge >= 0.3 is 0 Å². The SMILES string of the molecule is Cc1ccc(-c2c(CCCc3cccs3)noc2N)cc1. The van der Waals surface area contributed by atoms with E-state index in [9.17, 15) is 0 Å². The molecule has 0 radical (unpaired) electrons. The highest BCUT2D eigenvalue weighted by molar-refractivity contribution is 7.09. The minimum Gasteiger partial charge on any atom is -0.367 e. The van der Waals surface area contributed by atoms with Crippen LogP contribution in [0.5, 0.6) is 0 Å². The van der Waals surface area contributed by atoms with Gasteiger partial charge in [-0.25, -0.2) is 0 Å². The Morgan fingerprint density at radius 1 is 1.14 bits per heavy atom. The van der Waals surface area contributed by atoms with E-state index in [0.29, 0.717) is 5.88 Å². The molecule has 21 heavy (non-hydrogen) atoms. The van der Waals surface area contributed by atoms with E-state index in [0.717, 1.165) is 36.1 Å². The first kappa shape index (κ1) is 13.9. The number of hydrogen-bond acceptors (Lipinski definition) is 4. The summed E-state index contributed by atoms with van der Waals surface area (Å²) in [6.45, 7) is 2.07. The van der Waals surface area contributed by atoms with Crippen LogP contribution in [0.25, 0.3) is 11.1 Å². The molecule has 0 aliphatic carbocycles. The summed E-state index contributed by atoms with van der Waals surface area (Å²) in [5.41, 5.74) is 10.2.